The van der Waals surface area contributed by atoms with Crippen molar-refractivity contribution >= 4 is 0 Å². The zero-order valence-electron chi connectivity index (χ0n) is 15.6. The Labute approximate surface area is 149 Å². The van der Waals surface area contributed by atoms with E-state index in [-0.39, 0.29) is 0 Å². The Balaban J connectivity index is 1.99. The molecule has 2 aliphatic rings. The molecule has 2 nitrogen and oxygen atoms in total. The summed E-state index contributed by atoms with van der Waals surface area (Å²) in [5, 5.41) is 0. The Kier molecular flexibility index (Phi) is 9.75. The van der Waals surface area contributed by atoms with Gasteiger partial charge in [0.1, 0.15) is 0 Å². The first-order valence-corrected chi connectivity index (χ1v) is 10.3. The molecule has 0 aliphatic heterocycles. The summed E-state index contributed by atoms with van der Waals surface area (Å²) in [6.45, 7) is 9.02. The van der Waals surface area contributed by atoms with Crippen LogP contribution in [0.4, 0.5) is 0 Å². The van der Waals surface area contributed by atoms with E-state index in [1.165, 1.54) is 77.0 Å². The molecule has 0 aromatic carbocycles. The molecular weight excluding hydrogens is 296 g/mol. The van der Waals surface area contributed by atoms with Crippen LogP contribution in [0, 0.1) is 11.8 Å². The molecule has 2 fully saturated rings. The molecular formula is C22H38O2. The van der Waals surface area contributed by atoms with Crippen LogP contribution in [0.3, 0.4) is 0 Å². The smallest absolute Gasteiger partial charge is 0.0648 e. The SMILES string of the molecule is C=CCOC1CCCC(OCC=C)C(C2CCCCCCC2)CC1. The number of rotatable bonds is 7. The first-order valence-electron chi connectivity index (χ1n) is 10.3. The van der Waals surface area contributed by atoms with Gasteiger partial charge in [0.2, 0.25) is 0 Å². The normalized spacial score (nSPS) is 30.6. The lowest BCUT2D eigenvalue weighted by atomic mass is 9.74. The molecule has 2 saturated carbocycles. The Morgan fingerprint density at radius 3 is 2.04 bits per heavy atom. The lowest BCUT2D eigenvalue weighted by molar-refractivity contribution is -0.0322. The van der Waals surface area contributed by atoms with E-state index in [1.807, 2.05) is 12.2 Å². The third-order valence-electron chi connectivity index (χ3n) is 5.95. The fourth-order valence-corrected chi connectivity index (χ4v) is 4.69. The second-order valence-corrected chi connectivity index (χ2v) is 7.68. The van der Waals surface area contributed by atoms with Crippen molar-refractivity contribution in [3.8, 4) is 0 Å². The Morgan fingerprint density at radius 1 is 0.667 bits per heavy atom. The zero-order valence-corrected chi connectivity index (χ0v) is 15.6. The molecule has 0 aromatic rings. The molecule has 2 rings (SSSR count). The van der Waals surface area contributed by atoms with Gasteiger partial charge in [0.15, 0.2) is 0 Å². The van der Waals surface area contributed by atoms with Crippen molar-refractivity contribution in [2.45, 2.75) is 89.3 Å². The predicted octanol–water partition coefficient (Wildman–Crippen LogP) is 6.07. The van der Waals surface area contributed by atoms with Crippen molar-refractivity contribution in [2.75, 3.05) is 13.2 Å². The van der Waals surface area contributed by atoms with Crippen molar-refractivity contribution in [1.29, 1.82) is 0 Å². The zero-order chi connectivity index (χ0) is 17.0. The fourth-order valence-electron chi connectivity index (χ4n) is 4.69. The predicted molar refractivity (Wildman–Crippen MR) is 102 cm³/mol. The lowest BCUT2D eigenvalue weighted by Crippen LogP contribution is -2.34. The van der Waals surface area contributed by atoms with Gasteiger partial charge in [0, 0.05) is 0 Å². The molecule has 3 unspecified atom stereocenters. The summed E-state index contributed by atoms with van der Waals surface area (Å²) in [6.07, 6.45) is 20.5. The maximum Gasteiger partial charge on any atom is 0.0648 e. The molecule has 0 radical (unpaired) electrons. The largest absolute Gasteiger partial charge is 0.374 e. The fraction of sp³-hybridized carbons (Fsp3) is 0.818. The lowest BCUT2D eigenvalue weighted by Gasteiger charge is -2.37. The van der Waals surface area contributed by atoms with E-state index < -0.39 is 0 Å². The van der Waals surface area contributed by atoms with Gasteiger partial charge in [-0.2, -0.15) is 0 Å². The minimum Gasteiger partial charge on any atom is -0.374 e. The number of hydrogen-bond donors (Lipinski definition) is 0. The summed E-state index contributed by atoms with van der Waals surface area (Å²) in [6, 6.07) is 0. The average Bonchev–Trinajstić information content (AvgIpc) is 2.54. The van der Waals surface area contributed by atoms with E-state index in [0.29, 0.717) is 31.3 Å². The second-order valence-electron chi connectivity index (χ2n) is 7.68. The van der Waals surface area contributed by atoms with Crippen LogP contribution < -0.4 is 0 Å². The van der Waals surface area contributed by atoms with Crippen LogP contribution in [0.1, 0.15) is 77.0 Å². The van der Waals surface area contributed by atoms with Crippen LogP contribution in [-0.4, -0.2) is 25.4 Å². The van der Waals surface area contributed by atoms with E-state index in [4.69, 9.17) is 9.47 Å². The van der Waals surface area contributed by atoms with E-state index in [9.17, 15) is 0 Å². The summed E-state index contributed by atoms with van der Waals surface area (Å²) in [7, 11) is 0. The highest BCUT2D eigenvalue weighted by Crippen LogP contribution is 2.37. The highest BCUT2D eigenvalue weighted by atomic mass is 16.5. The summed E-state index contributed by atoms with van der Waals surface area (Å²) < 4.78 is 12.2. The van der Waals surface area contributed by atoms with Crippen molar-refractivity contribution < 1.29 is 9.47 Å². The third-order valence-corrected chi connectivity index (χ3v) is 5.95. The molecule has 138 valence electrons. The summed E-state index contributed by atoms with van der Waals surface area (Å²) in [5.74, 6) is 1.55. The Hall–Kier alpha value is -0.600. The van der Waals surface area contributed by atoms with Crippen LogP contribution in [0.15, 0.2) is 25.3 Å². The van der Waals surface area contributed by atoms with Gasteiger partial charge in [-0.3, -0.25) is 0 Å². The monoisotopic (exact) mass is 334 g/mol. The van der Waals surface area contributed by atoms with Gasteiger partial charge in [-0.05, 0) is 43.9 Å². The molecule has 0 heterocycles. The standard InChI is InChI=1S/C22H38O2/c1-3-17-23-20-13-10-14-22(24-18-4-2)21(16-15-20)19-11-8-6-5-7-9-12-19/h3-4,19-22H,1-2,5-18H2. The first-order chi connectivity index (χ1) is 11.8. The maximum atomic E-state index is 6.25. The second kappa shape index (κ2) is 11.9. The van der Waals surface area contributed by atoms with Crippen molar-refractivity contribution in [3.63, 3.8) is 0 Å². The van der Waals surface area contributed by atoms with Gasteiger partial charge < -0.3 is 9.47 Å². The quantitative estimate of drug-likeness (QED) is 0.526. The molecule has 0 spiro atoms. The molecule has 0 N–H and O–H groups in total. The molecule has 3 atom stereocenters. The molecule has 2 aliphatic carbocycles. The topological polar surface area (TPSA) is 18.5 Å². The van der Waals surface area contributed by atoms with Gasteiger partial charge in [0.25, 0.3) is 0 Å². The minimum absolute atomic E-state index is 0.416. The Morgan fingerprint density at radius 2 is 1.33 bits per heavy atom. The van der Waals surface area contributed by atoms with Crippen LogP contribution in [0.5, 0.6) is 0 Å². The molecule has 0 bridgehead atoms. The van der Waals surface area contributed by atoms with Crippen molar-refractivity contribution in [2.24, 2.45) is 11.8 Å². The van der Waals surface area contributed by atoms with Gasteiger partial charge in [-0.25, -0.2) is 0 Å². The third kappa shape index (κ3) is 6.72. The number of hydrogen-bond acceptors (Lipinski definition) is 2. The summed E-state index contributed by atoms with van der Waals surface area (Å²) in [5.41, 5.74) is 0. The van der Waals surface area contributed by atoms with E-state index in [1.54, 1.807) is 0 Å². The summed E-state index contributed by atoms with van der Waals surface area (Å²) >= 11 is 0. The van der Waals surface area contributed by atoms with Gasteiger partial charge in [0.05, 0.1) is 25.4 Å². The van der Waals surface area contributed by atoms with E-state index in [0.717, 1.165) is 5.92 Å². The van der Waals surface area contributed by atoms with Crippen molar-refractivity contribution in [3.05, 3.63) is 25.3 Å². The molecule has 0 amide bonds. The first kappa shape index (κ1) is 19.7. The highest BCUT2D eigenvalue weighted by molar-refractivity contribution is 4.84. The average molecular weight is 335 g/mol. The molecule has 2 heteroatoms. The number of ether oxygens (including phenoxy) is 2. The van der Waals surface area contributed by atoms with Crippen LogP contribution in [0.25, 0.3) is 0 Å². The van der Waals surface area contributed by atoms with Crippen molar-refractivity contribution in [1.82, 2.24) is 0 Å². The molecule has 0 aromatic heterocycles. The van der Waals surface area contributed by atoms with Crippen LogP contribution in [-0.2, 0) is 9.47 Å². The van der Waals surface area contributed by atoms with Gasteiger partial charge >= 0.3 is 0 Å². The minimum atomic E-state index is 0.416. The van der Waals surface area contributed by atoms with Gasteiger partial charge in [-0.1, -0.05) is 57.1 Å². The van der Waals surface area contributed by atoms with E-state index >= 15 is 0 Å². The highest BCUT2D eigenvalue weighted by Gasteiger charge is 2.32. The molecule has 24 heavy (non-hydrogen) atoms. The maximum absolute atomic E-state index is 6.25. The van der Waals surface area contributed by atoms with Crippen LogP contribution >= 0.6 is 0 Å². The van der Waals surface area contributed by atoms with E-state index in [2.05, 4.69) is 13.2 Å². The Bertz CT molecular complexity index is 344. The van der Waals surface area contributed by atoms with Gasteiger partial charge in [-0.15, -0.1) is 13.2 Å². The summed E-state index contributed by atoms with van der Waals surface area (Å²) in [4.78, 5) is 0. The molecule has 0 saturated heterocycles. The van der Waals surface area contributed by atoms with Crippen LogP contribution in [0.2, 0.25) is 0 Å².